The number of rotatable bonds is 5. The van der Waals surface area contributed by atoms with Crippen LogP contribution in [-0.2, 0) is 20.8 Å². The quantitative estimate of drug-likeness (QED) is 0.386. The molecule has 0 spiro atoms. The van der Waals surface area contributed by atoms with Crippen molar-refractivity contribution in [3.05, 3.63) is 38.1 Å². The SMILES string of the molecule is Cc1nnc(C2=C(C(=O)[O-])N3C(=O)C(NC(=O)Cc4cccs4)[C@@H]3SC2)s1.[Na+]. The fraction of sp³-hybridized carbons (Fsp3) is 0.312. The summed E-state index contributed by atoms with van der Waals surface area (Å²) in [4.78, 5) is 38.6. The molecule has 0 aromatic carbocycles. The van der Waals surface area contributed by atoms with E-state index in [9.17, 15) is 19.5 Å². The maximum atomic E-state index is 12.6. The molecule has 12 heteroatoms. The number of thioether (sulfide) groups is 1. The molecule has 4 rings (SSSR count). The number of carboxylic acids is 1. The molecular formula is C16H13N4NaO4S3. The molecule has 0 bridgehead atoms. The van der Waals surface area contributed by atoms with Crippen LogP contribution in [0.4, 0.5) is 0 Å². The van der Waals surface area contributed by atoms with Crippen molar-refractivity contribution in [2.75, 3.05) is 5.75 Å². The van der Waals surface area contributed by atoms with Gasteiger partial charge in [0.25, 0.3) is 5.91 Å². The maximum absolute atomic E-state index is 12.6. The number of aromatic nitrogens is 2. The van der Waals surface area contributed by atoms with E-state index in [1.165, 1.54) is 39.3 Å². The fourth-order valence-electron chi connectivity index (χ4n) is 2.99. The van der Waals surface area contributed by atoms with Crippen LogP contribution in [0.15, 0.2) is 23.2 Å². The first-order valence-corrected chi connectivity index (χ1v) is 10.7. The number of aryl methyl sites for hydroxylation is 1. The number of β-lactam (4-membered cyclic amide) rings is 1. The van der Waals surface area contributed by atoms with Crippen molar-refractivity contribution >= 4 is 57.8 Å². The molecule has 2 atom stereocenters. The monoisotopic (exact) mass is 444 g/mol. The summed E-state index contributed by atoms with van der Waals surface area (Å²) in [5.41, 5.74) is 0.252. The van der Waals surface area contributed by atoms with E-state index in [0.717, 1.165) is 4.88 Å². The Hall–Kier alpha value is -1.24. The molecular weight excluding hydrogens is 431 g/mol. The number of carboxylic acid groups (broad SMARTS) is 1. The van der Waals surface area contributed by atoms with E-state index in [-0.39, 0.29) is 47.6 Å². The molecule has 2 aromatic rings. The van der Waals surface area contributed by atoms with E-state index >= 15 is 0 Å². The average molecular weight is 444 g/mol. The van der Waals surface area contributed by atoms with Crippen LogP contribution in [0.1, 0.15) is 14.9 Å². The zero-order valence-electron chi connectivity index (χ0n) is 15.0. The fourth-order valence-corrected chi connectivity index (χ4v) is 5.86. The third kappa shape index (κ3) is 3.91. The van der Waals surface area contributed by atoms with Gasteiger partial charge in [0.05, 0.1) is 18.1 Å². The first-order valence-electron chi connectivity index (χ1n) is 7.97. The molecule has 0 radical (unpaired) electrons. The molecule has 8 nitrogen and oxygen atoms in total. The molecule has 2 aliphatic heterocycles. The Balaban J connectivity index is 0.00000225. The second-order valence-corrected chi connectivity index (χ2v) is 9.27. The standard InChI is InChI=1S/C16H14N4O4S3.Na/c1-7-18-19-13(27-7)9-6-26-15-11(14(22)20(15)12(9)16(23)24)17-10(21)5-8-3-2-4-25-8;/h2-4,11,15H,5-6H2,1H3,(H,17,21)(H,23,24);/q;+1/p-1/t11?,15-;/m0./s1. The molecule has 1 fully saturated rings. The Morgan fingerprint density at radius 3 is 2.79 bits per heavy atom. The minimum atomic E-state index is -1.43. The third-order valence-corrected chi connectivity index (χ3v) is 7.23. The molecule has 4 heterocycles. The molecule has 140 valence electrons. The number of hydrogen-bond acceptors (Lipinski definition) is 9. The number of hydrogen-bond donors (Lipinski definition) is 1. The van der Waals surface area contributed by atoms with Gasteiger partial charge < -0.3 is 15.2 Å². The van der Waals surface area contributed by atoms with Gasteiger partial charge in [-0.1, -0.05) is 17.4 Å². The molecule has 2 aromatic heterocycles. The summed E-state index contributed by atoms with van der Waals surface area (Å²) in [5, 5.41) is 24.9. The third-order valence-electron chi connectivity index (χ3n) is 4.18. The van der Waals surface area contributed by atoms with Gasteiger partial charge in [0, 0.05) is 16.2 Å². The zero-order chi connectivity index (χ0) is 19.1. The van der Waals surface area contributed by atoms with E-state index in [1.807, 2.05) is 17.5 Å². The van der Waals surface area contributed by atoms with Crippen LogP contribution >= 0.6 is 34.4 Å². The predicted octanol–water partition coefficient (Wildman–Crippen LogP) is -2.98. The summed E-state index contributed by atoms with van der Waals surface area (Å²) in [6.07, 6.45) is 0.192. The number of nitrogens with one attached hydrogen (secondary N) is 1. The number of fused-ring (bicyclic) bond motifs is 1. The van der Waals surface area contributed by atoms with E-state index < -0.39 is 23.3 Å². The average Bonchev–Trinajstić information content (AvgIpc) is 3.29. The molecule has 28 heavy (non-hydrogen) atoms. The van der Waals surface area contributed by atoms with Crippen molar-refractivity contribution < 1.29 is 49.0 Å². The van der Waals surface area contributed by atoms with Crippen molar-refractivity contribution in [2.45, 2.75) is 24.8 Å². The first kappa shape index (κ1) is 21.5. The molecule has 0 saturated carbocycles. The van der Waals surface area contributed by atoms with Crippen LogP contribution < -0.4 is 40.0 Å². The van der Waals surface area contributed by atoms with Crippen LogP contribution in [0.25, 0.3) is 5.57 Å². The van der Waals surface area contributed by atoms with Crippen LogP contribution in [0, 0.1) is 6.92 Å². The molecule has 1 unspecified atom stereocenters. The summed E-state index contributed by atoms with van der Waals surface area (Å²) < 4.78 is 0. The van der Waals surface area contributed by atoms with Gasteiger partial charge in [-0.15, -0.1) is 33.3 Å². The van der Waals surface area contributed by atoms with Gasteiger partial charge in [-0.2, -0.15) is 0 Å². The normalized spacial score (nSPS) is 20.9. The number of thiophene rings is 1. The van der Waals surface area contributed by atoms with Gasteiger partial charge in [0.15, 0.2) is 0 Å². The first-order chi connectivity index (χ1) is 13.0. The minimum absolute atomic E-state index is 0. The molecule has 1 N–H and O–H groups in total. The van der Waals surface area contributed by atoms with Crippen LogP contribution in [0.5, 0.6) is 0 Å². The van der Waals surface area contributed by atoms with Crippen LogP contribution in [0.2, 0.25) is 0 Å². The van der Waals surface area contributed by atoms with E-state index in [1.54, 1.807) is 6.92 Å². The van der Waals surface area contributed by atoms with Crippen molar-refractivity contribution in [2.24, 2.45) is 0 Å². The Bertz CT molecular complexity index is 959. The van der Waals surface area contributed by atoms with Crippen molar-refractivity contribution in [1.29, 1.82) is 0 Å². The number of aliphatic carboxylic acids is 1. The van der Waals surface area contributed by atoms with Gasteiger partial charge in [-0.05, 0) is 18.4 Å². The number of nitrogens with zero attached hydrogens (tertiary/aromatic N) is 3. The van der Waals surface area contributed by atoms with E-state index in [2.05, 4.69) is 15.5 Å². The van der Waals surface area contributed by atoms with Crippen molar-refractivity contribution in [1.82, 2.24) is 20.4 Å². The zero-order valence-corrected chi connectivity index (χ0v) is 19.4. The smallest absolute Gasteiger partial charge is 0.543 e. The van der Waals surface area contributed by atoms with Gasteiger partial charge in [0.1, 0.15) is 21.4 Å². The van der Waals surface area contributed by atoms with Gasteiger partial charge in [-0.3, -0.25) is 14.5 Å². The number of amides is 2. The van der Waals surface area contributed by atoms with E-state index in [0.29, 0.717) is 21.3 Å². The molecule has 2 aliphatic rings. The van der Waals surface area contributed by atoms with Gasteiger partial charge >= 0.3 is 29.6 Å². The largest absolute Gasteiger partial charge is 1.00 e. The van der Waals surface area contributed by atoms with Crippen LogP contribution in [0.3, 0.4) is 0 Å². The Morgan fingerprint density at radius 1 is 1.39 bits per heavy atom. The molecule has 1 saturated heterocycles. The summed E-state index contributed by atoms with van der Waals surface area (Å²) >= 11 is 4.12. The Morgan fingerprint density at radius 2 is 2.18 bits per heavy atom. The molecule has 0 aliphatic carbocycles. The minimum Gasteiger partial charge on any atom is -0.543 e. The predicted molar refractivity (Wildman–Crippen MR) is 99.6 cm³/mol. The summed E-state index contributed by atoms with van der Waals surface area (Å²) in [6.45, 7) is 1.77. The summed E-state index contributed by atoms with van der Waals surface area (Å²) in [7, 11) is 0. The van der Waals surface area contributed by atoms with Crippen LogP contribution in [-0.4, -0.2) is 50.0 Å². The molecule has 2 amide bonds. The van der Waals surface area contributed by atoms with Gasteiger partial charge in [0.2, 0.25) is 5.91 Å². The second kappa shape index (κ2) is 8.64. The Kier molecular flexibility index (Phi) is 6.62. The number of carbonyl (C=O) groups excluding carboxylic acids is 3. The summed E-state index contributed by atoms with van der Waals surface area (Å²) in [5.74, 6) is -1.80. The Labute approximate surface area is 194 Å². The second-order valence-electron chi connectivity index (χ2n) is 5.95. The number of carbonyl (C=O) groups is 3. The van der Waals surface area contributed by atoms with Crippen molar-refractivity contribution in [3.63, 3.8) is 0 Å². The topological polar surface area (TPSA) is 115 Å². The van der Waals surface area contributed by atoms with E-state index in [4.69, 9.17) is 0 Å². The maximum Gasteiger partial charge on any atom is 1.00 e. The van der Waals surface area contributed by atoms with Gasteiger partial charge in [-0.25, -0.2) is 0 Å². The van der Waals surface area contributed by atoms with Crippen molar-refractivity contribution in [3.8, 4) is 0 Å². The summed E-state index contributed by atoms with van der Waals surface area (Å²) in [6, 6.07) is 2.96.